The van der Waals surface area contributed by atoms with Crippen molar-refractivity contribution >= 4 is 17.4 Å². The molecule has 4 rings (SSSR count). The molecule has 0 bridgehead atoms. The van der Waals surface area contributed by atoms with Crippen LogP contribution < -0.4 is 15.4 Å². The number of unbranched alkanes of at least 4 members (excludes halogenated alkanes) is 1. The number of nitrogens with one attached hydrogen (secondary N) is 2. The van der Waals surface area contributed by atoms with Crippen molar-refractivity contribution in [1.82, 2.24) is 25.4 Å². The van der Waals surface area contributed by atoms with Crippen molar-refractivity contribution in [2.45, 2.75) is 86.7 Å². The van der Waals surface area contributed by atoms with E-state index < -0.39 is 0 Å². The van der Waals surface area contributed by atoms with Crippen LogP contribution in [0.25, 0.3) is 0 Å². The molecule has 0 radical (unpaired) electrons. The van der Waals surface area contributed by atoms with Gasteiger partial charge in [-0.3, -0.25) is 9.78 Å². The zero-order chi connectivity index (χ0) is 32.0. The summed E-state index contributed by atoms with van der Waals surface area (Å²) in [6.45, 7) is 18.7. The average Bonchev–Trinajstić information content (AvgIpc) is 3.32. The van der Waals surface area contributed by atoms with Crippen LogP contribution in [0.2, 0.25) is 0 Å². The van der Waals surface area contributed by atoms with Crippen LogP contribution in [0.1, 0.15) is 82.2 Å². The largest absolute Gasteiger partial charge is 0.487 e. The van der Waals surface area contributed by atoms with Crippen molar-refractivity contribution in [3.63, 3.8) is 0 Å². The SMILES string of the molecule is CCC(=O)NCCCN1CCCOCC1.CCCC.CCc1c(C)cnnc1Nc1ccc(OCc2ccccn2)c(C)c1. The highest BCUT2D eigenvalue weighted by Crippen LogP contribution is 2.26. The number of carbonyl (C=O) groups excluding carboxylic acids is 1. The van der Waals surface area contributed by atoms with E-state index in [1.165, 1.54) is 18.4 Å². The lowest BCUT2D eigenvalue weighted by Crippen LogP contribution is -2.31. The second-order valence-electron chi connectivity index (χ2n) is 10.8. The molecule has 0 unspecified atom stereocenters. The van der Waals surface area contributed by atoms with Crippen molar-refractivity contribution in [2.24, 2.45) is 0 Å². The summed E-state index contributed by atoms with van der Waals surface area (Å²) in [7, 11) is 0. The Hall–Kier alpha value is -3.56. The zero-order valence-corrected chi connectivity index (χ0v) is 27.8. The molecule has 2 N–H and O–H groups in total. The zero-order valence-electron chi connectivity index (χ0n) is 27.8. The first-order chi connectivity index (χ1) is 21.4. The molecule has 0 aliphatic carbocycles. The monoisotopic (exact) mass is 606 g/mol. The minimum Gasteiger partial charge on any atom is -0.487 e. The summed E-state index contributed by atoms with van der Waals surface area (Å²) in [6.07, 6.45) is 9.86. The molecule has 3 aromatic rings. The van der Waals surface area contributed by atoms with E-state index in [4.69, 9.17) is 9.47 Å². The van der Waals surface area contributed by atoms with Crippen LogP contribution in [0.5, 0.6) is 5.75 Å². The van der Waals surface area contributed by atoms with Gasteiger partial charge in [-0.2, -0.15) is 5.10 Å². The molecule has 0 saturated carbocycles. The van der Waals surface area contributed by atoms with Crippen molar-refractivity contribution < 1.29 is 14.3 Å². The third-order valence-electron chi connectivity index (χ3n) is 7.17. The smallest absolute Gasteiger partial charge is 0.219 e. The number of hydrogen-bond donors (Lipinski definition) is 2. The lowest BCUT2D eigenvalue weighted by molar-refractivity contribution is -0.120. The van der Waals surface area contributed by atoms with E-state index in [1.54, 1.807) is 12.4 Å². The van der Waals surface area contributed by atoms with Crippen molar-refractivity contribution in [2.75, 3.05) is 44.7 Å². The number of hydrogen-bond acceptors (Lipinski definition) is 8. The van der Waals surface area contributed by atoms with Gasteiger partial charge in [0.2, 0.25) is 5.91 Å². The Labute approximate surface area is 265 Å². The Morgan fingerprint density at radius 2 is 1.84 bits per heavy atom. The maximum Gasteiger partial charge on any atom is 0.219 e. The van der Waals surface area contributed by atoms with Gasteiger partial charge in [-0.25, -0.2) is 0 Å². The Morgan fingerprint density at radius 1 is 1.02 bits per heavy atom. The van der Waals surface area contributed by atoms with Gasteiger partial charge < -0.3 is 25.0 Å². The number of ether oxygens (including phenoxy) is 2. The number of carbonyl (C=O) groups is 1. The minimum atomic E-state index is 0.147. The molecule has 3 heterocycles. The van der Waals surface area contributed by atoms with Gasteiger partial charge in [0.1, 0.15) is 12.4 Å². The third kappa shape index (κ3) is 14.3. The highest BCUT2D eigenvalue weighted by molar-refractivity contribution is 5.75. The summed E-state index contributed by atoms with van der Waals surface area (Å²) in [5.74, 6) is 1.81. The van der Waals surface area contributed by atoms with E-state index in [0.717, 1.165) is 92.7 Å². The van der Waals surface area contributed by atoms with Gasteiger partial charge >= 0.3 is 0 Å². The highest BCUT2D eigenvalue weighted by atomic mass is 16.5. The van der Waals surface area contributed by atoms with E-state index in [1.807, 2.05) is 44.2 Å². The molecule has 2 aromatic heterocycles. The minimum absolute atomic E-state index is 0.147. The Balaban J connectivity index is 0.000000302. The summed E-state index contributed by atoms with van der Waals surface area (Å²) in [5, 5.41) is 14.5. The third-order valence-corrected chi connectivity index (χ3v) is 7.17. The first-order valence-electron chi connectivity index (χ1n) is 16.2. The number of aryl methyl sites for hydroxylation is 2. The second kappa shape index (κ2) is 22.0. The van der Waals surface area contributed by atoms with E-state index in [9.17, 15) is 4.79 Å². The molecular weight excluding hydrogens is 552 g/mol. The number of pyridine rings is 1. The van der Waals surface area contributed by atoms with E-state index in [2.05, 4.69) is 64.5 Å². The molecule has 242 valence electrons. The molecule has 1 amide bonds. The van der Waals surface area contributed by atoms with Gasteiger partial charge in [0, 0.05) is 50.1 Å². The van der Waals surface area contributed by atoms with Crippen LogP contribution in [0.3, 0.4) is 0 Å². The molecule has 1 aliphatic rings. The van der Waals surface area contributed by atoms with Gasteiger partial charge in [0.15, 0.2) is 5.82 Å². The van der Waals surface area contributed by atoms with Gasteiger partial charge in [-0.05, 0) is 81.1 Å². The normalized spacial score (nSPS) is 13.0. The summed E-state index contributed by atoms with van der Waals surface area (Å²) in [6, 6.07) is 11.8. The number of amides is 1. The van der Waals surface area contributed by atoms with Crippen LogP contribution in [0, 0.1) is 13.8 Å². The summed E-state index contributed by atoms with van der Waals surface area (Å²) < 4.78 is 11.2. The summed E-state index contributed by atoms with van der Waals surface area (Å²) in [4.78, 5) is 17.7. The van der Waals surface area contributed by atoms with Crippen LogP contribution in [0.15, 0.2) is 48.8 Å². The fourth-order valence-electron chi connectivity index (χ4n) is 4.38. The predicted molar refractivity (Wildman–Crippen MR) is 180 cm³/mol. The quantitative estimate of drug-likeness (QED) is 0.217. The van der Waals surface area contributed by atoms with Crippen molar-refractivity contribution in [1.29, 1.82) is 0 Å². The van der Waals surface area contributed by atoms with E-state index >= 15 is 0 Å². The molecule has 1 fully saturated rings. The van der Waals surface area contributed by atoms with Gasteiger partial charge in [-0.1, -0.05) is 46.6 Å². The number of rotatable bonds is 12. The Kier molecular flexibility index (Phi) is 18.3. The summed E-state index contributed by atoms with van der Waals surface area (Å²) >= 11 is 0. The highest BCUT2D eigenvalue weighted by Gasteiger charge is 2.09. The molecule has 0 atom stereocenters. The van der Waals surface area contributed by atoms with Crippen LogP contribution in [-0.4, -0.2) is 65.4 Å². The topological polar surface area (TPSA) is 102 Å². The molecule has 9 nitrogen and oxygen atoms in total. The van der Waals surface area contributed by atoms with E-state index in [0.29, 0.717) is 13.0 Å². The van der Waals surface area contributed by atoms with Crippen LogP contribution in [-0.2, 0) is 22.6 Å². The molecule has 1 saturated heterocycles. The van der Waals surface area contributed by atoms with Crippen LogP contribution in [0.4, 0.5) is 11.5 Å². The first-order valence-corrected chi connectivity index (χ1v) is 16.2. The molecule has 44 heavy (non-hydrogen) atoms. The van der Waals surface area contributed by atoms with Gasteiger partial charge in [0.05, 0.1) is 18.5 Å². The number of aromatic nitrogens is 3. The summed E-state index contributed by atoms with van der Waals surface area (Å²) in [5.41, 5.74) is 5.26. The standard InChI is InChI=1S/C20H22N4O.C11H22N2O2.C4H10/c1-4-18-15(3)12-22-24-20(18)23-16-8-9-19(14(2)11-16)25-13-17-7-5-6-10-21-17;1-2-11(14)12-5-3-6-13-7-4-9-15-10-8-13;1-3-4-2/h5-12H,4,13H2,1-3H3,(H,23,24);2-10H2,1H3,(H,12,14);3-4H2,1-2H3. The maximum absolute atomic E-state index is 11.0. The number of nitrogens with zero attached hydrogens (tertiary/aromatic N) is 4. The Morgan fingerprint density at radius 3 is 2.52 bits per heavy atom. The van der Waals surface area contributed by atoms with Gasteiger partial charge in [0.25, 0.3) is 0 Å². The average molecular weight is 607 g/mol. The van der Waals surface area contributed by atoms with Gasteiger partial charge in [-0.15, -0.1) is 5.10 Å². The molecule has 0 spiro atoms. The molecule has 1 aliphatic heterocycles. The second-order valence-corrected chi connectivity index (χ2v) is 10.8. The molecule has 9 heteroatoms. The lowest BCUT2D eigenvalue weighted by Gasteiger charge is -2.18. The lowest BCUT2D eigenvalue weighted by atomic mass is 10.1. The molecular formula is C35H54N6O3. The van der Waals surface area contributed by atoms with E-state index in [-0.39, 0.29) is 5.91 Å². The fraction of sp³-hybridized carbons (Fsp3) is 0.543. The Bertz CT molecular complexity index is 1200. The predicted octanol–water partition coefficient (Wildman–Crippen LogP) is 6.80. The number of anilines is 2. The van der Waals surface area contributed by atoms with Crippen molar-refractivity contribution in [3.05, 3.63) is 71.2 Å². The maximum atomic E-state index is 11.0. The molecule has 1 aromatic carbocycles. The first kappa shape index (κ1) is 36.6. The number of benzene rings is 1. The fourth-order valence-corrected chi connectivity index (χ4v) is 4.38. The van der Waals surface area contributed by atoms with Crippen LogP contribution >= 0.6 is 0 Å². The van der Waals surface area contributed by atoms with Crippen molar-refractivity contribution in [3.8, 4) is 5.75 Å².